The average molecular weight is 579 g/mol. The van der Waals surface area contributed by atoms with Gasteiger partial charge < -0.3 is 10.6 Å². The molecule has 0 saturated heterocycles. The van der Waals surface area contributed by atoms with Crippen molar-refractivity contribution in [2.24, 2.45) is 0 Å². The Morgan fingerprint density at radius 2 is 0.775 bits per heavy atom. The van der Waals surface area contributed by atoms with Gasteiger partial charge in [0.25, 0.3) is 32.1 Å². The normalized spacial score (nSPS) is 12.2. The Morgan fingerprint density at radius 3 is 1.10 bits per heavy atom. The van der Waals surface area contributed by atoms with Crippen LogP contribution in [0.5, 0.6) is 0 Å². The number of hydrogen-bond acceptors (Lipinski definition) is 6. The fourth-order valence-corrected chi connectivity index (χ4v) is 5.27. The molecule has 0 aliphatic rings. The van der Waals surface area contributed by atoms with E-state index in [-0.39, 0.29) is 33.6 Å². The van der Waals surface area contributed by atoms with Crippen molar-refractivity contribution in [2.75, 3.05) is 0 Å². The summed E-state index contributed by atoms with van der Waals surface area (Å²) >= 11 is 0. The highest BCUT2D eigenvalue weighted by molar-refractivity contribution is 7.86. The van der Waals surface area contributed by atoms with Crippen molar-refractivity contribution in [2.45, 2.75) is 9.79 Å². The zero-order chi connectivity index (χ0) is 28.9. The van der Waals surface area contributed by atoms with Crippen LogP contribution in [0, 0.1) is 0 Å². The van der Waals surface area contributed by atoms with Crippen molar-refractivity contribution >= 4 is 43.4 Å². The molecule has 0 bridgehead atoms. The maximum atomic E-state index is 13.3. The highest BCUT2D eigenvalue weighted by Crippen LogP contribution is 2.31. The first-order valence-corrected chi connectivity index (χ1v) is 14.5. The Hall–Kier alpha value is -4.62. The summed E-state index contributed by atoms with van der Waals surface area (Å²) < 4.78 is 69.3. The van der Waals surface area contributed by atoms with Crippen LogP contribution in [0.2, 0.25) is 0 Å². The molecule has 0 aromatic heterocycles. The minimum absolute atomic E-state index is 0.154. The molecule has 10 nitrogen and oxygen atoms in total. The van der Waals surface area contributed by atoms with Gasteiger partial charge in [-0.25, -0.2) is 0 Å². The van der Waals surface area contributed by atoms with Crippen LogP contribution in [0.3, 0.4) is 0 Å². The summed E-state index contributed by atoms with van der Waals surface area (Å²) in [7, 11) is -9.76. The number of hydrogen-bond donors (Lipinski definition) is 4. The van der Waals surface area contributed by atoms with Crippen LogP contribution in [0.15, 0.2) is 119 Å². The molecule has 4 aromatic rings. The van der Waals surface area contributed by atoms with E-state index in [2.05, 4.69) is 10.6 Å². The Labute approximate surface area is 230 Å². The van der Waals surface area contributed by atoms with Gasteiger partial charge in [0.1, 0.15) is 9.79 Å². The first kappa shape index (κ1) is 28.4. The van der Waals surface area contributed by atoms with Gasteiger partial charge in [0.2, 0.25) is 0 Å². The molecule has 0 atom stereocenters. The molecule has 4 aromatic carbocycles. The molecule has 4 rings (SSSR count). The summed E-state index contributed by atoms with van der Waals surface area (Å²) in [5.74, 6) is -1.48. The second-order valence-corrected chi connectivity index (χ2v) is 11.1. The van der Waals surface area contributed by atoms with E-state index in [1.807, 2.05) is 0 Å². The second kappa shape index (κ2) is 11.6. The summed E-state index contributed by atoms with van der Waals surface area (Å²) in [6.07, 6.45) is 0. The standard InChI is InChI=1S/C28H22N2O8S2/c31-27(19-11-3-1-4-12-19)29-25(21-15-7-9-17-23(21)39(33,34)35)26(30-28(32)20-13-5-2-6-14-20)22-16-8-10-18-24(22)40(36,37)38/h1-18H,(H,29,31)(H,30,32)(H,33,34,35)(H,36,37,38). The lowest BCUT2D eigenvalue weighted by atomic mass is 10.0. The highest BCUT2D eigenvalue weighted by atomic mass is 32.2. The predicted octanol–water partition coefficient (Wildman–Crippen LogP) is 3.87. The third-order valence-corrected chi connectivity index (χ3v) is 7.49. The monoisotopic (exact) mass is 578 g/mol. The zero-order valence-electron chi connectivity index (χ0n) is 20.6. The molecule has 40 heavy (non-hydrogen) atoms. The van der Waals surface area contributed by atoms with E-state index in [0.29, 0.717) is 0 Å². The molecule has 0 unspecified atom stereocenters. The maximum absolute atomic E-state index is 13.3. The van der Waals surface area contributed by atoms with Crippen molar-refractivity contribution in [1.29, 1.82) is 0 Å². The van der Waals surface area contributed by atoms with Crippen molar-refractivity contribution in [3.05, 3.63) is 131 Å². The van der Waals surface area contributed by atoms with Gasteiger partial charge in [-0.3, -0.25) is 18.7 Å². The molecule has 0 fully saturated rings. The second-order valence-electron chi connectivity index (χ2n) is 8.33. The summed E-state index contributed by atoms with van der Waals surface area (Å²) in [5, 5.41) is 5.14. The minimum Gasteiger partial charge on any atom is -0.320 e. The van der Waals surface area contributed by atoms with E-state index < -0.39 is 41.8 Å². The molecule has 204 valence electrons. The lowest BCUT2D eigenvalue weighted by Gasteiger charge is -2.21. The van der Waals surface area contributed by atoms with E-state index in [4.69, 9.17) is 0 Å². The van der Waals surface area contributed by atoms with Gasteiger partial charge in [-0.15, -0.1) is 0 Å². The predicted molar refractivity (Wildman–Crippen MR) is 147 cm³/mol. The van der Waals surface area contributed by atoms with E-state index in [1.54, 1.807) is 36.4 Å². The van der Waals surface area contributed by atoms with Gasteiger partial charge in [-0.1, -0.05) is 72.8 Å². The van der Waals surface area contributed by atoms with E-state index in [0.717, 1.165) is 12.1 Å². The molecule has 0 spiro atoms. The van der Waals surface area contributed by atoms with Crippen molar-refractivity contribution in [3.8, 4) is 0 Å². The van der Waals surface area contributed by atoms with Crippen molar-refractivity contribution < 1.29 is 35.5 Å². The van der Waals surface area contributed by atoms with E-state index in [1.165, 1.54) is 60.7 Å². The Bertz CT molecular complexity index is 1690. The van der Waals surface area contributed by atoms with Crippen LogP contribution in [-0.4, -0.2) is 37.8 Å². The quantitative estimate of drug-likeness (QED) is 0.181. The summed E-state index contributed by atoms with van der Waals surface area (Å²) in [5.41, 5.74) is -0.933. The summed E-state index contributed by atoms with van der Waals surface area (Å²) in [4.78, 5) is 25.4. The number of rotatable bonds is 8. The summed E-state index contributed by atoms with van der Waals surface area (Å²) in [6.45, 7) is 0. The fraction of sp³-hybridized carbons (Fsp3) is 0. The molecule has 0 saturated carbocycles. The fourth-order valence-electron chi connectivity index (χ4n) is 3.88. The lowest BCUT2D eigenvalue weighted by Crippen LogP contribution is -2.30. The Morgan fingerprint density at radius 1 is 0.475 bits per heavy atom. The van der Waals surface area contributed by atoms with Gasteiger partial charge in [0, 0.05) is 22.3 Å². The lowest BCUT2D eigenvalue weighted by molar-refractivity contribution is 0.0961. The largest absolute Gasteiger partial charge is 0.320 e. The molecule has 2 amide bonds. The van der Waals surface area contributed by atoms with E-state index >= 15 is 0 Å². The molecular formula is C28H22N2O8S2. The van der Waals surface area contributed by atoms with Crippen LogP contribution < -0.4 is 10.6 Å². The van der Waals surface area contributed by atoms with Crippen LogP contribution in [0.4, 0.5) is 0 Å². The van der Waals surface area contributed by atoms with E-state index in [9.17, 15) is 35.5 Å². The maximum Gasteiger partial charge on any atom is 0.295 e. The van der Waals surface area contributed by atoms with Gasteiger partial charge >= 0.3 is 0 Å². The van der Waals surface area contributed by atoms with Gasteiger partial charge in [0.05, 0.1) is 11.4 Å². The highest BCUT2D eigenvalue weighted by Gasteiger charge is 2.27. The first-order valence-electron chi connectivity index (χ1n) is 11.6. The Kier molecular flexibility index (Phi) is 8.26. The topological polar surface area (TPSA) is 167 Å². The SMILES string of the molecule is O=C(NC(=C(NC(=O)c1ccccc1)c1ccccc1S(=O)(=O)O)c1ccccc1S(=O)(=O)O)c1ccccc1. The average Bonchev–Trinajstić information content (AvgIpc) is 2.94. The molecule has 0 aliphatic heterocycles. The number of carbonyl (C=O) groups excluding carboxylic acids is 2. The third kappa shape index (κ3) is 6.50. The molecule has 12 heteroatoms. The van der Waals surface area contributed by atoms with Crippen LogP contribution in [0.1, 0.15) is 31.8 Å². The molecular weight excluding hydrogens is 556 g/mol. The molecule has 0 heterocycles. The molecule has 0 radical (unpaired) electrons. The van der Waals surface area contributed by atoms with Crippen LogP contribution in [0.25, 0.3) is 11.4 Å². The molecule has 4 N–H and O–H groups in total. The number of benzene rings is 4. The number of nitrogens with one attached hydrogen (secondary N) is 2. The summed E-state index contributed by atoms with van der Waals surface area (Å²) in [6, 6.07) is 25.8. The van der Waals surface area contributed by atoms with Crippen LogP contribution >= 0.6 is 0 Å². The minimum atomic E-state index is -4.88. The van der Waals surface area contributed by atoms with Crippen molar-refractivity contribution in [3.63, 3.8) is 0 Å². The number of carbonyl (C=O) groups is 2. The third-order valence-electron chi connectivity index (χ3n) is 5.67. The van der Waals surface area contributed by atoms with Crippen LogP contribution in [-0.2, 0) is 20.2 Å². The van der Waals surface area contributed by atoms with Crippen molar-refractivity contribution in [1.82, 2.24) is 10.6 Å². The van der Waals surface area contributed by atoms with Gasteiger partial charge in [-0.2, -0.15) is 16.8 Å². The smallest absolute Gasteiger partial charge is 0.295 e. The zero-order valence-corrected chi connectivity index (χ0v) is 22.2. The van der Waals surface area contributed by atoms with Gasteiger partial charge in [-0.05, 0) is 36.4 Å². The van der Waals surface area contributed by atoms with Gasteiger partial charge in [0.15, 0.2) is 0 Å². The Balaban J connectivity index is 2.08. The number of amides is 2. The first-order chi connectivity index (χ1) is 19.0. The molecule has 0 aliphatic carbocycles.